The molecule has 26 heavy (non-hydrogen) atoms. The highest BCUT2D eigenvalue weighted by Crippen LogP contribution is 2.35. The summed E-state index contributed by atoms with van der Waals surface area (Å²) >= 11 is 0.950. The standard InChI is InChI=1S/C20H24N2O3S/c1-21-7-3-15-11-17(16-6-10-23-14-16)12-20(19(15)13-21)24-18-4-8-22(9-5-18)25-26-2/h3,6-7,10-12,14,18H,4-5,8-9,13H2,1-2H3/p+1. The Bertz CT molecular complexity index is 768. The molecule has 1 aromatic heterocycles. The highest BCUT2D eigenvalue weighted by molar-refractivity contribution is 7.72. The SMILES string of the molecule is C[SH+]ON1CCC(Oc2cc(-c3ccoc3)cc3c2CN(C)C=C3)CC1. The number of thiol groups is 1. The summed E-state index contributed by atoms with van der Waals surface area (Å²) in [5.74, 6) is 0.989. The zero-order valence-electron chi connectivity index (χ0n) is 15.2. The van der Waals surface area contributed by atoms with E-state index in [1.165, 1.54) is 11.1 Å². The molecule has 3 heterocycles. The molecule has 0 N–H and O–H groups in total. The van der Waals surface area contributed by atoms with Crippen LogP contribution >= 0.6 is 0 Å². The summed E-state index contributed by atoms with van der Waals surface area (Å²) in [5, 5.41) is 2.04. The lowest BCUT2D eigenvalue weighted by molar-refractivity contribution is -0.0749. The van der Waals surface area contributed by atoms with E-state index in [4.69, 9.17) is 13.4 Å². The molecule has 138 valence electrons. The molecule has 2 aromatic rings. The predicted octanol–water partition coefficient (Wildman–Crippen LogP) is 3.50. The van der Waals surface area contributed by atoms with Gasteiger partial charge in [0, 0.05) is 37.8 Å². The number of furan rings is 1. The van der Waals surface area contributed by atoms with Gasteiger partial charge in [-0.1, -0.05) is 4.28 Å². The van der Waals surface area contributed by atoms with Crippen LogP contribution in [0, 0.1) is 0 Å². The van der Waals surface area contributed by atoms with Crippen molar-refractivity contribution in [2.24, 2.45) is 0 Å². The first kappa shape index (κ1) is 17.5. The van der Waals surface area contributed by atoms with Gasteiger partial charge in [-0.2, -0.15) is 0 Å². The number of hydrogen-bond donors (Lipinski definition) is 0. The molecule has 4 rings (SSSR count). The summed E-state index contributed by atoms with van der Waals surface area (Å²) in [7, 11) is 2.09. The summed E-state index contributed by atoms with van der Waals surface area (Å²) in [6, 6.07) is 6.36. The van der Waals surface area contributed by atoms with Crippen molar-refractivity contribution in [2.45, 2.75) is 25.5 Å². The molecule has 6 heteroatoms. The quantitative estimate of drug-likeness (QED) is 0.592. The first-order valence-electron chi connectivity index (χ1n) is 8.99. The normalized spacial score (nSPS) is 18.2. The highest BCUT2D eigenvalue weighted by Gasteiger charge is 2.25. The third kappa shape index (κ3) is 3.77. The molecule has 0 amide bonds. The van der Waals surface area contributed by atoms with Crippen molar-refractivity contribution in [2.75, 3.05) is 26.4 Å². The molecular weight excluding hydrogens is 348 g/mol. The average molecular weight is 373 g/mol. The van der Waals surface area contributed by atoms with E-state index in [-0.39, 0.29) is 6.10 Å². The number of nitrogens with zero attached hydrogens (tertiary/aromatic N) is 2. The van der Waals surface area contributed by atoms with Crippen LogP contribution in [0.3, 0.4) is 0 Å². The number of piperidine rings is 1. The van der Waals surface area contributed by atoms with Crippen molar-refractivity contribution in [3.8, 4) is 16.9 Å². The Morgan fingerprint density at radius 1 is 1.19 bits per heavy atom. The fourth-order valence-electron chi connectivity index (χ4n) is 3.52. The smallest absolute Gasteiger partial charge is 0.154 e. The summed E-state index contributed by atoms with van der Waals surface area (Å²) in [5.41, 5.74) is 4.69. The molecule has 0 unspecified atom stereocenters. The molecule has 5 nitrogen and oxygen atoms in total. The Hall–Kier alpha value is -1.89. The number of fused-ring (bicyclic) bond motifs is 1. The van der Waals surface area contributed by atoms with E-state index >= 15 is 0 Å². The Balaban J connectivity index is 1.58. The van der Waals surface area contributed by atoms with Gasteiger partial charge < -0.3 is 14.1 Å². The lowest BCUT2D eigenvalue weighted by atomic mass is 9.97. The molecule has 2 aliphatic heterocycles. The second-order valence-corrected chi connectivity index (χ2v) is 7.32. The molecule has 1 aromatic carbocycles. The molecule has 0 atom stereocenters. The van der Waals surface area contributed by atoms with Gasteiger partial charge in [0.1, 0.15) is 18.1 Å². The molecule has 1 fully saturated rings. The van der Waals surface area contributed by atoms with Crippen LogP contribution in [-0.2, 0) is 22.9 Å². The van der Waals surface area contributed by atoms with Gasteiger partial charge in [0.2, 0.25) is 0 Å². The first-order valence-corrected chi connectivity index (χ1v) is 10.2. The predicted molar refractivity (Wildman–Crippen MR) is 106 cm³/mol. The molecule has 0 saturated carbocycles. The van der Waals surface area contributed by atoms with Gasteiger partial charge in [-0.25, -0.2) is 0 Å². The van der Waals surface area contributed by atoms with Crippen molar-refractivity contribution in [1.29, 1.82) is 0 Å². The first-order chi connectivity index (χ1) is 12.7. The van der Waals surface area contributed by atoms with Gasteiger partial charge in [0.05, 0.1) is 12.5 Å². The van der Waals surface area contributed by atoms with E-state index in [0.29, 0.717) is 0 Å². The van der Waals surface area contributed by atoms with Crippen LogP contribution in [0.15, 0.2) is 41.3 Å². The van der Waals surface area contributed by atoms with Crippen molar-refractivity contribution < 1.29 is 13.4 Å². The maximum Gasteiger partial charge on any atom is 0.154 e. The van der Waals surface area contributed by atoms with Crippen LogP contribution in [0.5, 0.6) is 5.75 Å². The number of ether oxygens (including phenoxy) is 1. The van der Waals surface area contributed by atoms with Gasteiger partial charge >= 0.3 is 0 Å². The van der Waals surface area contributed by atoms with Gasteiger partial charge in [-0.3, -0.25) is 0 Å². The van der Waals surface area contributed by atoms with Crippen LogP contribution in [0.25, 0.3) is 17.2 Å². The molecule has 0 radical (unpaired) electrons. The number of hydroxylamine groups is 2. The molecule has 0 aliphatic carbocycles. The van der Waals surface area contributed by atoms with E-state index < -0.39 is 0 Å². The number of hydrogen-bond acceptors (Lipinski definition) is 5. The van der Waals surface area contributed by atoms with E-state index in [0.717, 1.165) is 61.4 Å². The lowest BCUT2D eigenvalue weighted by Gasteiger charge is -2.30. The Labute approximate surface area is 158 Å². The fraction of sp³-hybridized carbons (Fsp3) is 0.400. The van der Waals surface area contributed by atoms with Crippen LogP contribution in [0.4, 0.5) is 0 Å². The van der Waals surface area contributed by atoms with Crippen LogP contribution in [0.2, 0.25) is 0 Å². The van der Waals surface area contributed by atoms with Gasteiger partial charge in [-0.05, 0) is 54.4 Å². The molecule has 0 bridgehead atoms. The summed E-state index contributed by atoms with van der Waals surface area (Å²) in [4.78, 5) is 2.18. The van der Waals surface area contributed by atoms with Crippen LogP contribution in [0.1, 0.15) is 24.0 Å². The minimum absolute atomic E-state index is 0.225. The maximum atomic E-state index is 6.49. The number of rotatable bonds is 5. The Morgan fingerprint density at radius 3 is 2.77 bits per heavy atom. The Kier molecular flexibility index (Phi) is 5.24. The molecule has 0 spiro atoms. The molecule has 1 saturated heterocycles. The summed E-state index contributed by atoms with van der Waals surface area (Å²) in [6.45, 7) is 2.69. The minimum Gasteiger partial charge on any atom is -0.490 e. The zero-order valence-corrected chi connectivity index (χ0v) is 16.1. The van der Waals surface area contributed by atoms with Gasteiger partial charge in [0.25, 0.3) is 0 Å². The van der Waals surface area contributed by atoms with Gasteiger partial charge in [-0.15, -0.1) is 5.06 Å². The van der Waals surface area contributed by atoms with E-state index in [1.807, 2.05) is 17.4 Å². The third-order valence-electron chi connectivity index (χ3n) is 4.91. The average Bonchev–Trinajstić information content (AvgIpc) is 3.18. The van der Waals surface area contributed by atoms with Crippen molar-refractivity contribution in [3.05, 3.63) is 48.1 Å². The topological polar surface area (TPSA) is 38.1 Å². The zero-order chi connectivity index (χ0) is 17.9. The van der Waals surface area contributed by atoms with Crippen molar-refractivity contribution in [1.82, 2.24) is 9.96 Å². The minimum atomic E-state index is 0.225. The summed E-state index contributed by atoms with van der Waals surface area (Å²) < 4.78 is 17.3. The number of benzene rings is 1. The highest BCUT2D eigenvalue weighted by atomic mass is 32.2. The maximum absolute atomic E-state index is 6.49. The molecular formula is C20H25N2O3S+. The van der Waals surface area contributed by atoms with Crippen LogP contribution in [-0.4, -0.2) is 42.5 Å². The second-order valence-electron chi connectivity index (χ2n) is 6.80. The molecule has 2 aliphatic rings. The van der Waals surface area contributed by atoms with E-state index in [9.17, 15) is 0 Å². The monoisotopic (exact) mass is 373 g/mol. The Morgan fingerprint density at radius 2 is 2.04 bits per heavy atom. The second kappa shape index (κ2) is 7.78. The van der Waals surface area contributed by atoms with Crippen molar-refractivity contribution >= 4 is 18.1 Å². The van der Waals surface area contributed by atoms with Crippen molar-refractivity contribution in [3.63, 3.8) is 0 Å². The largest absolute Gasteiger partial charge is 0.490 e. The summed E-state index contributed by atoms with van der Waals surface area (Å²) in [6.07, 6.45) is 11.9. The van der Waals surface area contributed by atoms with Crippen LogP contribution < -0.4 is 4.74 Å². The lowest BCUT2D eigenvalue weighted by Crippen LogP contribution is -2.38. The van der Waals surface area contributed by atoms with E-state index in [1.54, 1.807) is 12.5 Å². The fourth-order valence-corrected chi connectivity index (χ4v) is 3.92. The van der Waals surface area contributed by atoms with E-state index in [2.05, 4.69) is 36.4 Å². The third-order valence-corrected chi connectivity index (χ3v) is 5.30. The van der Waals surface area contributed by atoms with Gasteiger partial charge in [0.15, 0.2) is 12.0 Å².